The molecule has 0 saturated heterocycles. The third-order valence-corrected chi connectivity index (χ3v) is 6.59. The Morgan fingerprint density at radius 2 is 1.80 bits per heavy atom. The van der Waals surface area contributed by atoms with E-state index in [-0.39, 0.29) is 24.6 Å². The van der Waals surface area contributed by atoms with Crippen LogP contribution >= 0.6 is 11.6 Å². The molecule has 2 unspecified atom stereocenters. The van der Waals surface area contributed by atoms with Crippen molar-refractivity contribution in [2.45, 2.75) is 18.6 Å². The van der Waals surface area contributed by atoms with Crippen LogP contribution in [0.4, 0.5) is 0 Å². The predicted octanol–water partition coefficient (Wildman–Crippen LogP) is 4.02. The minimum absolute atomic E-state index is 0.00811. The fourth-order valence-electron chi connectivity index (χ4n) is 4.46. The topological polar surface area (TPSA) is 88.5 Å². The van der Waals surface area contributed by atoms with Gasteiger partial charge >= 0.3 is 5.69 Å². The molecule has 0 saturated carbocycles. The molecule has 1 aliphatic heterocycles. The second kappa shape index (κ2) is 9.44. The highest BCUT2D eigenvalue weighted by atomic mass is 35.5. The van der Waals surface area contributed by atoms with Crippen molar-refractivity contribution in [3.8, 4) is 22.8 Å². The Labute approximate surface area is 206 Å². The van der Waals surface area contributed by atoms with Gasteiger partial charge in [0, 0.05) is 11.1 Å². The number of nitrogens with two attached hydrogens (primary N) is 1. The summed E-state index contributed by atoms with van der Waals surface area (Å²) in [6, 6.07) is 22.8. The van der Waals surface area contributed by atoms with E-state index in [1.54, 1.807) is 37.4 Å². The van der Waals surface area contributed by atoms with Gasteiger partial charge in [-0.1, -0.05) is 72.3 Å². The molecule has 5 rings (SSSR count). The van der Waals surface area contributed by atoms with Crippen LogP contribution in [-0.4, -0.2) is 22.9 Å². The molecule has 0 spiro atoms. The van der Waals surface area contributed by atoms with E-state index in [0.717, 1.165) is 11.1 Å². The highest BCUT2D eigenvalue weighted by molar-refractivity contribution is 6.31. The van der Waals surface area contributed by atoms with Gasteiger partial charge in [-0.15, -0.1) is 0 Å². The normalized spacial score (nSPS) is 15.3. The molecule has 1 aliphatic rings. The molecule has 0 amide bonds. The first-order chi connectivity index (χ1) is 17.0. The monoisotopic (exact) mass is 489 g/mol. The summed E-state index contributed by atoms with van der Waals surface area (Å²) >= 11 is 6.48. The molecule has 178 valence electrons. The van der Waals surface area contributed by atoms with Crippen molar-refractivity contribution in [3.05, 3.63) is 116 Å². The molecule has 7 nitrogen and oxygen atoms in total. The molecule has 0 bridgehead atoms. The molecule has 3 aromatic carbocycles. The maximum absolute atomic E-state index is 13.8. The summed E-state index contributed by atoms with van der Waals surface area (Å²) in [6.45, 7) is 0.179. The fraction of sp³-hybridized carbons (Fsp3) is 0.185. The van der Waals surface area contributed by atoms with E-state index >= 15 is 0 Å². The minimum Gasteiger partial charge on any atom is -0.497 e. The van der Waals surface area contributed by atoms with Crippen LogP contribution in [0.25, 0.3) is 11.1 Å². The molecule has 4 aromatic rings. The van der Waals surface area contributed by atoms with Crippen LogP contribution in [0.2, 0.25) is 5.02 Å². The molecular formula is C27H24ClN3O4. The molecule has 0 fully saturated rings. The number of ether oxygens (including phenoxy) is 2. The molecule has 2 heterocycles. The standard InChI is InChI=1S/C27H24ClN3O4/c1-34-19-11-7-10-18(14-19)24-25(32)30(15-22(29)17-8-3-2-4-9-17)27(33)31-23(16-35-26(24)31)20-12-5-6-13-21(20)28/h2-14,22-23H,15-16,29H2,1H3. The first-order valence-electron chi connectivity index (χ1n) is 11.2. The second-order valence-electron chi connectivity index (χ2n) is 8.35. The maximum Gasteiger partial charge on any atom is 0.334 e. The van der Waals surface area contributed by atoms with Gasteiger partial charge in [-0.3, -0.25) is 13.9 Å². The summed E-state index contributed by atoms with van der Waals surface area (Å²) in [6.07, 6.45) is 0. The lowest BCUT2D eigenvalue weighted by Crippen LogP contribution is -2.43. The minimum atomic E-state index is -0.556. The lowest BCUT2D eigenvalue weighted by atomic mass is 10.1. The van der Waals surface area contributed by atoms with Crippen molar-refractivity contribution in [2.75, 3.05) is 13.7 Å². The van der Waals surface area contributed by atoms with Gasteiger partial charge in [0.2, 0.25) is 5.88 Å². The summed E-state index contributed by atoms with van der Waals surface area (Å²) in [4.78, 5) is 27.5. The van der Waals surface area contributed by atoms with Gasteiger partial charge in [-0.2, -0.15) is 0 Å². The van der Waals surface area contributed by atoms with E-state index in [1.165, 1.54) is 9.13 Å². The van der Waals surface area contributed by atoms with E-state index in [2.05, 4.69) is 0 Å². The van der Waals surface area contributed by atoms with Crippen molar-refractivity contribution in [3.63, 3.8) is 0 Å². The summed E-state index contributed by atoms with van der Waals surface area (Å²) in [7, 11) is 1.56. The average Bonchev–Trinajstić information content (AvgIpc) is 3.32. The van der Waals surface area contributed by atoms with E-state index < -0.39 is 23.3 Å². The third kappa shape index (κ3) is 4.13. The summed E-state index contributed by atoms with van der Waals surface area (Å²) in [5.74, 6) is 0.794. The Kier molecular flexibility index (Phi) is 6.19. The summed E-state index contributed by atoms with van der Waals surface area (Å²) < 4.78 is 14.1. The number of aromatic nitrogens is 2. The van der Waals surface area contributed by atoms with Crippen LogP contribution < -0.4 is 26.5 Å². The Balaban J connectivity index is 1.74. The average molecular weight is 490 g/mol. The number of fused-ring (bicyclic) bond motifs is 1. The van der Waals surface area contributed by atoms with E-state index in [9.17, 15) is 9.59 Å². The van der Waals surface area contributed by atoms with Gasteiger partial charge < -0.3 is 15.2 Å². The quantitative estimate of drug-likeness (QED) is 0.442. The van der Waals surface area contributed by atoms with Gasteiger partial charge in [-0.05, 0) is 34.9 Å². The molecule has 2 N–H and O–H groups in total. The third-order valence-electron chi connectivity index (χ3n) is 6.25. The number of methoxy groups -OCH3 is 1. The fourth-order valence-corrected chi connectivity index (χ4v) is 4.72. The molecule has 35 heavy (non-hydrogen) atoms. The van der Waals surface area contributed by atoms with Crippen molar-refractivity contribution < 1.29 is 9.47 Å². The largest absolute Gasteiger partial charge is 0.497 e. The number of benzene rings is 3. The van der Waals surface area contributed by atoms with Crippen LogP contribution in [-0.2, 0) is 6.54 Å². The van der Waals surface area contributed by atoms with E-state index in [4.69, 9.17) is 26.8 Å². The zero-order valence-corrected chi connectivity index (χ0v) is 19.8. The number of rotatable bonds is 6. The highest BCUT2D eigenvalue weighted by Crippen LogP contribution is 2.38. The first-order valence-corrected chi connectivity index (χ1v) is 11.6. The summed E-state index contributed by atoms with van der Waals surface area (Å²) in [5, 5.41) is 0.516. The predicted molar refractivity (Wildman–Crippen MR) is 135 cm³/mol. The van der Waals surface area contributed by atoms with E-state index in [1.807, 2.05) is 48.5 Å². The van der Waals surface area contributed by atoms with Crippen LogP contribution in [0.3, 0.4) is 0 Å². The second-order valence-corrected chi connectivity index (χ2v) is 8.75. The Morgan fingerprint density at radius 1 is 1.06 bits per heavy atom. The number of hydrogen-bond acceptors (Lipinski definition) is 5. The number of hydrogen-bond donors (Lipinski definition) is 1. The van der Waals surface area contributed by atoms with Crippen molar-refractivity contribution in [2.24, 2.45) is 5.73 Å². The van der Waals surface area contributed by atoms with Crippen LogP contribution in [0.15, 0.2) is 88.5 Å². The van der Waals surface area contributed by atoms with Crippen LogP contribution in [0.5, 0.6) is 11.6 Å². The Bertz CT molecular complexity index is 1500. The van der Waals surface area contributed by atoms with Crippen LogP contribution in [0, 0.1) is 0 Å². The number of halogens is 1. The zero-order valence-electron chi connectivity index (χ0n) is 19.1. The molecule has 0 radical (unpaired) electrons. The zero-order chi connectivity index (χ0) is 24.5. The van der Waals surface area contributed by atoms with Crippen molar-refractivity contribution in [1.82, 2.24) is 9.13 Å². The van der Waals surface area contributed by atoms with Gasteiger partial charge in [0.25, 0.3) is 5.56 Å². The Morgan fingerprint density at radius 3 is 2.54 bits per heavy atom. The van der Waals surface area contributed by atoms with E-state index in [0.29, 0.717) is 16.3 Å². The summed E-state index contributed by atoms with van der Waals surface area (Å²) in [5.41, 5.74) is 7.89. The lowest BCUT2D eigenvalue weighted by molar-refractivity contribution is 0.343. The van der Waals surface area contributed by atoms with Crippen molar-refractivity contribution >= 4 is 11.6 Å². The van der Waals surface area contributed by atoms with Gasteiger partial charge in [0.05, 0.1) is 13.7 Å². The highest BCUT2D eigenvalue weighted by Gasteiger charge is 2.34. The first kappa shape index (κ1) is 23.0. The molecule has 1 aromatic heterocycles. The lowest BCUT2D eigenvalue weighted by Gasteiger charge is -2.19. The smallest absolute Gasteiger partial charge is 0.334 e. The molecular weight excluding hydrogens is 466 g/mol. The SMILES string of the molecule is COc1cccc(-c2c3n(c(=O)n(CC(N)c4ccccc4)c2=O)C(c2ccccc2Cl)CO3)c1. The van der Waals surface area contributed by atoms with Gasteiger partial charge in [0.1, 0.15) is 24.0 Å². The molecule has 0 aliphatic carbocycles. The van der Waals surface area contributed by atoms with Gasteiger partial charge in [0.15, 0.2) is 0 Å². The maximum atomic E-state index is 13.8. The molecule has 8 heteroatoms. The molecule has 2 atom stereocenters. The van der Waals surface area contributed by atoms with Crippen LogP contribution in [0.1, 0.15) is 23.2 Å². The van der Waals surface area contributed by atoms with Crippen molar-refractivity contribution in [1.29, 1.82) is 0 Å². The van der Waals surface area contributed by atoms with Gasteiger partial charge in [-0.25, -0.2) is 4.79 Å². The Hall–Kier alpha value is -3.81. The number of nitrogens with zero attached hydrogens (tertiary/aromatic N) is 2.